The van der Waals surface area contributed by atoms with Gasteiger partial charge in [0, 0.05) is 25.9 Å². The Morgan fingerprint density at radius 3 is 1.93 bits per heavy atom. The van der Waals surface area contributed by atoms with Crippen molar-refractivity contribution in [1.29, 1.82) is 0 Å². The van der Waals surface area contributed by atoms with E-state index in [1.54, 1.807) is 0 Å². The molecule has 3 aliphatic heterocycles. The molecule has 10 atom stereocenters. The number of nitrogens with two attached hydrogens (primary N) is 1. The summed E-state index contributed by atoms with van der Waals surface area (Å²) >= 11 is 0. The maximum absolute atomic E-state index is 12.8. The number of amides is 4. The number of unbranched alkanes of at least 4 members (excludes halogenated alkanes) is 1. The molecule has 3 aliphatic rings. The quantitative estimate of drug-likeness (QED) is 0.133. The Kier molecular flexibility index (Phi) is 13.4. The molecule has 246 valence electrons. The van der Waals surface area contributed by atoms with Crippen molar-refractivity contribution in [2.45, 2.75) is 94.2 Å². The van der Waals surface area contributed by atoms with Crippen LogP contribution in [0.4, 0.5) is 0 Å². The number of hydrogen-bond donors (Lipinski definition) is 8. The van der Waals surface area contributed by atoms with E-state index in [1.165, 1.54) is 6.92 Å². The highest BCUT2D eigenvalue weighted by Crippen LogP contribution is 2.29. The van der Waals surface area contributed by atoms with Gasteiger partial charge >= 0.3 is 0 Å². The van der Waals surface area contributed by atoms with E-state index >= 15 is 0 Å². The second-order valence-electron chi connectivity index (χ2n) is 10.5. The normalized spacial score (nSPS) is 37.1. The smallest absolute Gasteiger partial charge is 0.239 e. The lowest BCUT2D eigenvalue weighted by Crippen LogP contribution is -2.64. The maximum Gasteiger partial charge on any atom is 0.239 e. The first kappa shape index (κ1) is 35.0. The number of nitrogens with one attached hydrogen (secondary N) is 2. The van der Waals surface area contributed by atoms with Crippen LogP contribution in [-0.2, 0) is 42.9 Å². The van der Waals surface area contributed by atoms with Crippen LogP contribution in [0.1, 0.15) is 32.6 Å². The highest BCUT2D eigenvalue weighted by Gasteiger charge is 2.50. The third-order valence-electron chi connectivity index (χ3n) is 7.10. The van der Waals surface area contributed by atoms with Crippen LogP contribution in [0, 0.1) is 0 Å². The van der Waals surface area contributed by atoms with Crippen LogP contribution in [-0.4, -0.2) is 155 Å². The van der Waals surface area contributed by atoms with Crippen molar-refractivity contribution >= 4 is 23.6 Å². The summed E-state index contributed by atoms with van der Waals surface area (Å²) in [6.07, 6.45) is -14.5. The molecule has 3 saturated heterocycles. The lowest BCUT2D eigenvalue weighted by molar-refractivity contribution is -0.387. The summed E-state index contributed by atoms with van der Waals surface area (Å²) in [6.45, 7) is -0.0830. The average Bonchev–Trinajstić information content (AvgIpc) is 2.96. The van der Waals surface area contributed by atoms with Gasteiger partial charge in [-0.2, -0.15) is 0 Å². The van der Waals surface area contributed by atoms with E-state index in [1.807, 2.05) is 0 Å². The zero-order chi connectivity index (χ0) is 31.7. The minimum atomic E-state index is -1.80. The molecule has 3 heterocycles. The fourth-order valence-electron chi connectivity index (χ4n) is 4.66. The number of aliphatic hydroxyl groups excluding tert-OH is 5. The van der Waals surface area contributed by atoms with Crippen LogP contribution >= 0.6 is 0 Å². The van der Waals surface area contributed by atoms with Crippen LogP contribution < -0.4 is 16.4 Å². The minimum absolute atomic E-state index is 0.0287. The van der Waals surface area contributed by atoms with E-state index in [2.05, 4.69) is 10.6 Å². The predicted octanol–water partition coefficient (Wildman–Crippen LogP) is -5.24. The van der Waals surface area contributed by atoms with Gasteiger partial charge in [0.1, 0.15) is 49.7 Å². The van der Waals surface area contributed by atoms with Crippen molar-refractivity contribution in [3.8, 4) is 0 Å². The zero-order valence-electron chi connectivity index (χ0n) is 23.8. The Labute approximate surface area is 247 Å². The van der Waals surface area contributed by atoms with Crippen molar-refractivity contribution in [2.24, 2.45) is 5.73 Å². The Morgan fingerprint density at radius 1 is 0.767 bits per heavy atom. The topological polar surface area (TPSA) is 269 Å². The summed E-state index contributed by atoms with van der Waals surface area (Å²) in [6, 6.07) is 0. The molecule has 18 heteroatoms. The third kappa shape index (κ3) is 10.00. The van der Waals surface area contributed by atoms with Gasteiger partial charge in [-0.1, -0.05) is 0 Å². The largest absolute Gasteiger partial charge is 0.388 e. The Morgan fingerprint density at radius 2 is 1.33 bits per heavy atom. The number of rotatable bonds is 5. The molecule has 10 unspecified atom stereocenters. The van der Waals surface area contributed by atoms with Crippen molar-refractivity contribution in [3.05, 3.63) is 0 Å². The highest BCUT2D eigenvalue weighted by molar-refractivity contribution is 5.89. The van der Waals surface area contributed by atoms with Crippen LogP contribution in [0.25, 0.3) is 0 Å². The maximum atomic E-state index is 12.8. The molecular weight excluding hydrogens is 580 g/mol. The zero-order valence-corrected chi connectivity index (χ0v) is 23.8. The molecule has 9 N–H and O–H groups in total. The van der Waals surface area contributed by atoms with E-state index in [0.717, 1.165) is 4.90 Å². The van der Waals surface area contributed by atoms with Crippen LogP contribution in [0.5, 0.6) is 0 Å². The molecule has 3 fully saturated rings. The SMILES string of the molecule is CC1OC2OCCNC(=O)CN(C(=O)CCCCC(N)=O)CC(=O)NCCOC3OC(OC2C(O)C1O)C(O)C(O)C3O. The number of ether oxygens (including phenoxy) is 5. The molecule has 0 aliphatic carbocycles. The molecule has 3 rings (SSSR count). The van der Waals surface area contributed by atoms with Gasteiger partial charge in [0.25, 0.3) is 0 Å². The molecule has 2 bridgehead atoms. The fourth-order valence-corrected chi connectivity index (χ4v) is 4.66. The second kappa shape index (κ2) is 16.5. The van der Waals surface area contributed by atoms with Crippen LogP contribution in [0.15, 0.2) is 0 Å². The first-order valence-corrected chi connectivity index (χ1v) is 14.1. The summed E-state index contributed by atoms with van der Waals surface area (Å²) in [5.41, 5.74) is 5.12. The first-order chi connectivity index (χ1) is 20.4. The fraction of sp³-hybridized carbons (Fsp3) is 0.840. The van der Waals surface area contributed by atoms with Gasteiger partial charge in [0.15, 0.2) is 18.9 Å². The monoisotopic (exact) mass is 622 g/mol. The minimum Gasteiger partial charge on any atom is -0.388 e. The molecule has 0 radical (unpaired) electrons. The van der Waals surface area contributed by atoms with Crippen molar-refractivity contribution < 1.29 is 68.4 Å². The summed E-state index contributed by atoms with van der Waals surface area (Å²) < 4.78 is 27.9. The number of fused-ring (bicyclic) bond motifs is 3. The van der Waals surface area contributed by atoms with Crippen LogP contribution in [0.2, 0.25) is 0 Å². The number of primary amides is 1. The van der Waals surface area contributed by atoms with Gasteiger partial charge in [-0.05, 0) is 19.8 Å². The van der Waals surface area contributed by atoms with Gasteiger partial charge < -0.3 is 70.5 Å². The number of nitrogens with zero attached hydrogens (tertiary/aromatic N) is 1. The van der Waals surface area contributed by atoms with Gasteiger partial charge in [-0.25, -0.2) is 0 Å². The number of aliphatic hydroxyl groups is 5. The number of hydrogen-bond acceptors (Lipinski definition) is 14. The van der Waals surface area contributed by atoms with E-state index < -0.39 is 98.3 Å². The Balaban J connectivity index is 1.74. The highest BCUT2D eigenvalue weighted by atomic mass is 16.8. The number of carbonyl (C=O) groups excluding carboxylic acids is 4. The molecule has 0 spiro atoms. The Hall–Kier alpha value is -2.52. The predicted molar refractivity (Wildman–Crippen MR) is 140 cm³/mol. The lowest BCUT2D eigenvalue weighted by Gasteiger charge is -2.45. The summed E-state index contributed by atoms with van der Waals surface area (Å²) in [7, 11) is 0. The lowest BCUT2D eigenvalue weighted by atomic mass is 9.99. The van der Waals surface area contributed by atoms with Gasteiger partial charge in [-0.15, -0.1) is 0 Å². The summed E-state index contributed by atoms with van der Waals surface area (Å²) in [4.78, 5) is 50.0. The van der Waals surface area contributed by atoms with Crippen molar-refractivity contribution in [3.63, 3.8) is 0 Å². The van der Waals surface area contributed by atoms with E-state index in [-0.39, 0.29) is 39.1 Å². The van der Waals surface area contributed by atoms with E-state index in [9.17, 15) is 44.7 Å². The number of carbonyl (C=O) groups is 4. The average molecular weight is 623 g/mol. The van der Waals surface area contributed by atoms with Crippen molar-refractivity contribution in [2.75, 3.05) is 39.4 Å². The molecule has 0 aromatic rings. The van der Waals surface area contributed by atoms with Gasteiger partial charge in [0.05, 0.1) is 19.3 Å². The molecule has 0 aromatic carbocycles. The molecule has 43 heavy (non-hydrogen) atoms. The van der Waals surface area contributed by atoms with Gasteiger partial charge in [-0.3, -0.25) is 19.2 Å². The third-order valence-corrected chi connectivity index (χ3v) is 7.10. The first-order valence-electron chi connectivity index (χ1n) is 14.1. The Bertz CT molecular complexity index is 959. The second-order valence-corrected chi connectivity index (χ2v) is 10.5. The van der Waals surface area contributed by atoms with Crippen molar-refractivity contribution in [1.82, 2.24) is 15.5 Å². The molecule has 18 nitrogen and oxygen atoms in total. The summed E-state index contributed by atoms with van der Waals surface area (Å²) in [5, 5.41) is 57.3. The standard InChI is InChI=1S/C25H42N4O14/c1-12-17(34)19(36)22-25(41-12)40-9-7-28-15(32)11-29(16(33)5-3-2-4-13(26)30)10-14(31)27-6-8-39-23-20(37)18(35)21(38)24(42-22)43-23/h12,17-25,34-38H,2-11H2,1H3,(H2,26,30)(H,27,31)(H,28,32). The molecule has 4 amide bonds. The van der Waals surface area contributed by atoms with E-state index in [0.29, 0.717) is 12.8 Å². The summed E-state index contributed by atoms with van der Waals surface area (Å²) in [5.74, 6) is -2.22. The molecular formula is C25H42N4O14. The van der Waals surface area contributed by atoms with E-state index in [4.69, 9.17) is 29.4 Å². The van der Waals surface area contributed by atoms with Gasteiger partial charge in [0.2, 0.25) is 23.6 Å². The molecule has 0 aromatic heterocycles. The van der Waals surface area contributed by atoms with Crippen LogP contribution in [0.3, 0.4) is 0 Å². The molecule has 0 saturated carbocycles.